The van der Waals surface area contributed by atoms with Gasteiger partial charge >= 0.3 is 0 Å². The molecule has 8 nitrogen and oxygen atoms in total. The number of rotatable bonds is 10. The molecule has 0 saturated carbocycles. The molecule has 1 saturated heterocycles. The summed E-state index contributed by atoms with van der Waals surface area (Å²) in [7, 11) is 0. The zero-order valence-electron chi connectivity index (χ0n) is 21.1. The van der Waals surface area contributed by atoms with Crippen LogP contribution in [-0.4, -0.2) is 49.3 Å². The maximum absolute atomic E-state index is 13.1. The molecule has 188 valence electrons. The van der Waals surface area contributed by atoms with Crippen LogP contribution in [0.4, 0.5) is 0 Å². The predicted octanol–water partition coefficient (Wildman–Crippen LogP) is 4.20. The van der Waals surface area contributed by atoms with Gasteiger partial charge in [0.15, 0.2) is 5.82 Å². The number of nitrogens with zero attached hydrogens (tertiary/aromatic N) is 5. The number of benzene rings is 2. The fraction of sp³-hybridized carbons (Fsp3) is 0.429. The Morgan fingerprint density at radius 2 is 2.06 bits per heavy atom. The summed E-state index contributed by atoms with van der Waals surface area (Å²) in [6, 6.07) is 18.6. The van der Waals surface area contributed by atoms with Gasteiger partial charge in [-0.15, -0.1) is 5.10 Å². The van der Waals surface area contributed by atoms with Gasteiger partial charge in [0.1, 0.15) is 0 Å². The van der Waals surface area contributed by atoms with Gasteiger partial charge in [0.25, 0.3) is 5.56 Å². The maximum atomic E-state index is 13.1. The van der Waals surface area contributed by atoms with Crippen LogP contribution < -0.4 is 5.56 Å². The zero-order chi connectivity index (χ0) is 24.9. The van der Waals surface area contributed by atoms with E-state index in [4.69, 9.17) is 4.74 Å². The fourth-order valence-electron chi connectivity index (χ4n) is 5.14. The van der Waals surface area contributed by atoms with E-state index in [-0.39, 0.29) is 17.7 Å². The average molecular weight is 487 g/mol. The lowest BCUT2D eigenvalue weighted by molar-refractivity contribution is 0.0893. The molecule has 2 aromatic carbocycles. The minimum atomic E-state index is -0.0511. The van der Waals surface area contributed by atoms with Gasteiger partial charge in [0.05, 0.1) is 18.7 Å². The summed E-state index contributed by atoms with van der Waals surface area (Å²) in [6.07, 6.45) is 3.95. The third-order valence-corrected chi connectivity index (χ3v) is 7.07. The van der Waals surface area contributed by atoms with Crippen molar-refractivity contribution in [2.24, 2.45) is 0 Å². The molecule has 0 radical (unpaired) electrons. The largest absolute Gasteiger partial charge is 0.376 e. The van der Waals surface area contributed by atoms with Crippen LogP contribution in [0.3, 0.4) is 0 Å². The molecule has 0 spiro atoms. The lowest BCUT2D eigenvalue weighted by Gasteiger charge is -2.30. The quantitative estimate of drug-likeness (QED) is 0.361. The van der Waals surface area contributed by atoms with Crippen LogP contribution in [0.1, 0.15) is 54.7 Å². The second-order valence-corrected chi connectivity index (χ2v) is 9.70. The van der Waals surface area contributed by atoms with Crippen molar-refractivity contribution in [1.29, 1.82) is 0 Å². The van der Waals surface area contributed by atoms with Crippen molar-refractivity contribution >= 4 is 10.9 Å². The van der Waals surface area contributed by atoms with Crippen molar-refractivity contribution in [2.75, 3.05) is 13.2 Å². The Kier molecular flexibility index (Phi) is 7.53. The van der Waals surface area contributed by atoms with Crippen molar-refractivity contribution in [3.8, 4) is 0 Å². The summed E-state index contributed by atoms with van der Waals surface area (Å²) in [5.41, 5.74) is 3.99. The number of pyridine rings is 1. The number of H-pyrrole nitrogens is 1. The molecule has 0 aliphatic carbocycles. The van der Waals surface area contributed by atoms with Crippen LogP contribution in [0.2, 0.25) is 0 Å². The third kappa shape index (κ3) is 5.55. The van der Waals surface area contributed by atoms with E-state index in [1.165, 1.54) is 11.1 Å². The molecule has 5 rings (SSSR count). The molecule has 1 aliphatic heterocycles. The molecular weight excluding hydrogens is 452 g/mol. The molecule has 1 N–H and O–H groups in total. The Hall–Kier alpha value is -3.36. The van der Waals surface area contributed by atoms with E-state index in [1.807, 2.05) is 28.9 Å². The predicted molar refractivity (Wildman–Crippen MR) is 140 cm³/mol. The minimum absolute atomic E-state index is 0.0299. The van der Waals surface area contributed by atoms with Crippen LogP contribution >= 0.6 is 0 Å². The normalized spacial score (nSPS) is 16.7. The SMILES string of the molecule is CCC(c1nnnn1CC1CCCO1)N(CCc1ccccc1)Cc1cc2cc(C)ccc2[nH]c1=O. The molecule has 8 heteroatoms. The van der Waals surface area contributed by atoms with Gasteiger partial charge in [-0.3, -0.25) is 9.69 Å². The minimum Gasteiger partial charge on any atom is -0.376 e. The number of hydrogen-bond acceptors (Lipinski definition) is 6. The monoisotopic (exact) mass is 486 g/mol. The van der Waals surface area contributed by atoms with E-state index in [2.05, 4.69) is 69.6 Å². The van der Waals surface area contributed by atoms with Gasteiger partial charge in [-0.05, 0) is 72.2 Å². The lowest BCUT2D eigenvalue weighted by Crippen LogP contribution is -2.34. The van der Waals surface area contributed by atoms with Gasteiger partial charge in [-0.2, -0.15) is 0 Å². The van der Waals surface area contributed by atoms with Gasteiger partial charge in [-0.1, -0.05) is 48.9 Å². The molecule has 36 heavy (non-hydrogen) atoms. The first-order valence-corrected chi connectivity index (χ1v) is 12.9. The summed E-state index contributed by atoms with van der Waals surface area (Å²) >= 11 is 0. The van der Waals surface area contributed by atoms with E-state index in [9.17, 15) is 4.79 Å². The maximum Gasteiger partial charge on any atom is 0.252 e. The Morgan fingerprint density at radius 1 is 1.19 bits per heavy atom. The number of aromatic nitrogens is 5. The third-order valence-electron chi connectivity index (χ3n) is 7.07. The van der Waals surface area contributed by atoms with E-state index in [0.29, 0.717) is 13.1 Å². The van der Waals surface area contributed by atoms with E-state index in [1.54, 1.807) is 0 Å². The highest BCUT2D eigenvalue weighted by atomic mass is 16.5. The highest BCUT2D eigenvalue weighted by Crippen LogP contribution is 2.26. The van der Waals surface area contributed by atoms with Gasteiger partial charge in [-0.25, -0.2) is 4.68 Å². The molecule has 1 fully saturated rings. The van der Waals surface area contributed by atoms with E-state index < -0.39 is 0 Å². The Morgan fingerprint density at radius 3 is 2.83 bits per heavy atom. The number of aromatic amines is 1. The van der Waals surface area contributed by atoms with Crippen molar-refractivity contribution in [1.82, 2.24) is 30.1 Å². The first-order valence-electron chi connectivity index (χ1n) is 12.9. The number of nitrogens with one attached hydrogen (secondary N) is 1. The summed E-state index contributed by atoms with van der Waals surface area (Å²) in [6.45, 7) is 6.96. The van der Waals surface area contributed by atoms with Crippen LogP contribution in [-0.2, 0) is 24.2 Å². The van der Waals surface area contributed by atoms with Crippen molar-refractivity contribution in [3.63, 3.8) is 0 Å². The first-order chi connectivity index (χ1) is 17.6. The molecule has 2 atom stereocenters. The van der Waals surface area contributed by atoms with Crippen molar-refractivity contribution in [3.05, 3.63) is 87.5 Å². The molecular formula is C28H34N6O2. The Balaban J connectivity index is 1.46. The lowest BCUT2D eigenvalue weighted by atomic mass is 10.1. The standard InChI is InChI=1S/C28H34N6O2/c1-3-26(27-30-31-32-34(27)19-24-10-7-15-36-24)33(14-13-21-8-5-4-6-9-21)18-23-17-22-16-20(2)11-12-25(22)29-28(23)35/h4-6,8-9,11-12,16-17,24,26H,3,7,10,13-15,18-19H2,1-2H3,(H,29,35). The van der Waals surface area contributed by atoms with Crippen molar-refractivity contribution < 1.29 is 4.74 Å². The zero-order valence-corrected chi connectivity index (χ0v) is 21.1. The Labute approximate surface area is 211 Å². The molecule has 0 amide bonds. The van der Waals surface area contributed by atoms with E-state index >= 15 is 0 Å². The molecule has 3 heterocycles. The molecule has 4 aromatic rings. The number of tetrazole rings is 1. The smallest absolute Gasteiger partial charge is 0.252 e. The topological polar surface area (TPSA) is 88.9 Å². The first kappa shape index (κ1) is 24.3. The Bertz CT molecular complexity index is 1340. The number of fused-ring (bicyclic) bond motifs is 1. The summed E-state index contributed by atoms with van der Waals surface area (Å²) in [4.78, 5) is 18.5. The van der Waals surface area contributed by atoms with Crippen LogP contribution in [0.5, 0.6) is 0 Å². The molecule has 1 aliphatic rings. The fourth-order valence-corrected chi connectivity index (χ4v) is 5.14. The van der Waals surface area contributed by atoms with Gasteiger partial charge in [0, 0.05) is 30.8 Å². The second-order valence-electron chi connectivity index (χ2n) is 9.70. The van der Waals surface area contributed by atoms with Crippen LogP contribution in [0, 0.1) is 6.92 Å². The summed E-state index contributed by atoms with van der Waals surface area (Å²) < 4.78 is 7.74. The number of ether oxygens (including phenoxy) is 1. The molecule has 2 unspecified atom stereocenters. The summed E-state index contributed by atoms with van der Waals surface area (Å²) in [5, 5.41) is 13.8. The van der Waals surface area contributed by atoms with Gasteiger partial charge < -0.3 is 9.72 Å². The van der Waals surface area contributed by atoms with Crippen LogP contribution in [0.25, 0.3) is 10.9 Å². The van der Waals surface area contributed by atoms with Crippen LogP contribution in [0.15, 0.2) is 59.4 Å². The summed E-state index contributed by atoms with van der Waals surface area (Å²) in [5.74, 6) is 0.828. The second kappa shape index (κ2) is 11.1. The highest BCUT2D eigenvalue weighted by molar-refractivity contribution is 5.79. The van der Waals surface area contributed by atoms with E-state index in [0.717, 1.165) is 61.1 Å². The number of hydrogen-bond donors (Lipinski definition) is 1. The van der Waals surface area contributed by atoms with Crippen molar-refractivity contribution in [2.45, 2.75) is 64.8 Å². The van der Waals surface area contributed by atoms with Gasteiger partial charge in [0.2, 0.25) is 0 Å². The highest BCUT2D eigenvalue weighted by Gasteiger charge is 2.27. The molecule has 2 aromatic heterocycles. The molecule has 0 bridgehead atoms. The number of aryl methyl sites for hydroxylation is 1. The average Bonchev–Trinajstić information content (AvgIpc) is 3.57.